The number of fused-ring (bicyclic) bond motifs is 1. The first kappa shape index (κ1) is 11.6. The van der Waals surface area contributed by atoms with Crippen LogP contribution in [-0.4, -0.2) is 13.7 Å². The Hall–Kier alpha value is -1.48. The number of halogens is 1. The molecule has 0 saturated heterocycles. The number of benzene rings is 2. The van der Waals surface area contributed by atoms with Crippen molar-refractivity contribution in [3.05, 3.63) is 58.6 Å². The van der Waals surface area contributed by atoms with Gasteiger partial charge in [0.2, 0.25) is 0 Å². The molecule has 2 nitrogen and oxygen atoms in total. The largest absolute Gasteiger partial charge is 0.489 e. The number of rotatable bonds is 1. The van der Waals surface area contributed by atoms with E-state index < -0.39 is 0 Å². The van der Waals surface area contributed by atoms with Crippen molar-refractivity contribution in [2.24, 2.45) is 0 Å². The highest BCUT2D eigenvalue weighted by Crippen LogP contribution is 2.39. The maximum absolute atomic E-state index is 5.87. The summed E-state index contributed by atoms with van der Waals surface area (Å²) in [5, 5.41) is 0. The predicted octanol–water partition coefficient (Wildman–Crippen LogP) is 4.02. The van der Waals surface area contributed by atoms with Crippen molar-refractivity contribution in [1.29, 1.82) is 0 Å². The lowest BCUT2D eigenvalue weighted by Crippen LogP contribution is -2.33. The SMILES string of the molecule is CN1c2ccc(Br)cc2OCC1c1ccccc1. The molecule has 92 valence electrons. The number of nitrogens with zero attached hydrogens (tertiary/aromatic N) is 1. The van der Waals surface area contributed by atoms with Crippen LogP contribution in [0, 0.1) is 0 Å². The molecule has 0 spiro atoms. The number of likely N-dealkylation sites (N-methyl/N-ethyl adjacent to an activating group) is 1. The van der Waals surface area contributed by atoms with Gasteiger partial charge in [-0.2, -0.15) is 0 Å². The zero-order chi connectivity index (χ0) is 12.5. The van der Waals surface area contributed by atoms with Crippen LogP contribution in [0.25, 0.3) is 0 Å². The molecule has 18 heavy (non-hydrogen) atoms. The lowest BCUT2D eigenvalue weighted by molar-refractivity contribution is 0.268. The van der Waals surface area contributed by atoms with Crippen LogP contribution in [0.1, 0.15) is 11.6 Å². The minimum absolute atomic E-state index is 0.278. The van der Waals surface area contributed by atoms with Gasteiger partial charge in [-0.1, -0.05) is 46.3 Å². The summed E-state index contributed by atoms with van der Waals surface area (Å²) in [5.41, 5.74) is 2.42. The molecule has 3 heteroatoms. The Labute approximate surface area is 115 Å². The standard InChI is InChI=1S/C15H14BrNO/c1-17-13-8-7-12(16)9-15(13)18-10-14(17)11-5-3-2-4-6-11/h2-9,14H,10H2,1H3. The van der Waals surface area contributed by atoms with E-state index in [-0.39, 0.29) is 6.04 Å². The van der Waals surface area contributed by atoms with E-state index in [4.69, 9.17) is 4.74 Å². The maximum Gasteiger partial charge on any atom is 0.143 e. The van der Waals surface area contributed by atoms with Gasteiger partial charge in [-0.3, -0.25) is 0 Å². The first-order valence-corrected chi connectivity index (χ1v) is 6.75. The summed E-state index contributed by atoms with van der Waals surface area (Å²) >= 11 is 3.47. The molecule has 0 radical (unpaired) electrons. The normalized spacial score (nSPS) is 18.1. The summed E-state index contributed by atoms with van der Waals surface area (Å²) < 4.78 is 6.92. The summed E-state index contributed by atoms with van der Waals surface area (Å²) in [5.74, 6) is 0.944. The van der Waals surface area contributed by atoms with Gasteiger partial charge in [0.05, 0.1) is 11.7 Å². The zero-order valence-electron chi connectivity index (χ0n) is 10.1. The molecule has 1 atom stereocenters. The molecule has 1 heterocycles. The molecule has 1 aliphatic rings. The van der Waals surface area contributed by atoms with Gasteiger partial charge < -0.3 is 9.64 Å². The van der Waals surface area contributed by atoms with Crippen molar-refractivity contribution in [2.45, 2.75) is 6.04 Å². The molecule has 0 saturated carbocycles. The molecule has 2 aromatic rings. The van der Waals surface area contributed by atoms with Crippen molar-refractivity contribution in [3.8, 4) is 5.75 Å². The van der Waals surface area contributed by atoms with Gasteiger partial charge in [0.25, 0.3) is 0 Å². The molecule has 0 aliphatic carbocycles. The summed E-state index contributed by atoms with van der Waals surface area (Å²) in [6.07, 6.45) is 0. The minimum atomic E-state index is 0.278. The van der Waals surface area contributed by atoms with Crippen LogP contribution < -0.4 is 9.64 Å². The van der Waals surface area contributed by atoms with Crippen molar-refractivity contribution < 1.29 is 4.74 Å². The van der Waals surface area contributed by atoms with E-state index in [2.05, 4.69) is 58.2 Å². The van der Waals surface area contributed by atoms with E-state index in [0.717, 1.165) is 15.9 Å². The third-order valence-electron chi connectivity index (χ3n) is 3.35. The van der Waals surface area contributed by atoms with Crippen molar-refractivity contribution in [1.82, 2.24) is 0 Å². The molecule has 2 aromatic carbocycles. The second-order valence-electron chi connectivity index (χ2n) is 4.46. The first-order chi connectivity index (χ1) is 8.75. The lowest BCUT2D eigenvalue weighted by atomic mass is 10.0. The maximum atomic E-state index is 5.87. The number of ether oxygens (including phenoxy) is 1. The van der Waals surface area contributed by atoms with Crippen molar-refractivity contribution >= 4 is 21.6 Å². The Balaban J connectivity index is 1.97. The fourth-order valence-corrected chi connectivity index (χ4v) is 2.68. The Morgan fingerprint density at radius 3 is 2.72 bits per heavy atom. The molecular formula is C15H14BrNO. The van der Waals surface area contributed by atoms with Gasteiger partial charge in [-0.25, -0.2) is 0 Å². The van der Waals surface area contributed by atoms with E-state index in [9.17, 15) is 0 Å². The highest BCUT2D eigenvalue weighted by Gasteiger charge is 2.25. The van der Waals surface area contributed by atoms with Gasteiger partial charge in [0, 0.05) is 11.5 Å². The Kier molecular flexibility index (Phi) is 3.00. The van der Waals surface area contributed by atoms with Gasteiger partial charge in [-0.15, -0.1) is 0 Å². The molecule has 1 aliphatic heterocycles. The van der Waals surface area contributed by atoms with E-state index in [1.165, 1.54) is 5.56 Å². The molecule has 1 unspecified atom stereocenters. The molecule has 0 aromatic heterocycles. The third kappa shape index (κ3) is 1.99. The van der Waals surface area contributed by atoms with Gasteiger partial charge in [0.1, 0.15) is 12.4 Å². The fourth-order valence-electron chi connectivity index (χ4n) is 2.34. The van der Waals surface area contributed by atoms with E-state index in [1.807, 2.05) is 18.2 Å². The first-order valence-electron chi connectivity index (χ1n) is 5.96. The fraction of sp³-hybridized carbons (Fsp3) is 0.200. The van der Waals surface area contributed by atoms with E-state index in [0.29, 0.717) is 6.61 Å². The highest BCUT2D eigenvalue weighted by atomic mass is 79.9. The smallest absolute Gasteiger partial charge is 0.143 e. The Morgan fingerprint density at radius 1 is 1.17 bits per heavy atom. The third-order valence-corrected chi connectivity index (χ3v) is 3.84. The highest BCUT2D eigenvalue weighted by molar-refractivity contribution is 9.10. The zero-order valence-corrected chi connectivity index (χ0v) is 11.7. The van der Waals surface area contributed by atoms with Crippen molar-refractivity contribution in [3.63, 3.8) is 0 Å². The molecule has 0 N–H and O–H groups in total. The molecule has 0 fully saturated rings. The summed E-state index contributed by atoms with van der Waals surface area (Å²) in [4.78, 5) is 2.28. The average Bonchev–Trinajstić information content (AvgIpc) is 2.40. The van der Waals surface area contributed by atoms with E-state index in [1.54, 1.807) is 0 Å². The van der Waals surface area contributed by atoms with Crippen molar-refractivity contribution in [2.75, 3.05) is 18.6 Å². The van der Waals surface area contributed by atoms with Crippen LogP contribution in [0.5, 0.6) is 5.75 Å². The van der Waals surface area contributed by atoms with Gasteiger partial charge in [-0.05, 0) is 23.8 Å². The molecule has 0 amide bonds. The van der Waals surface area contributed by atoms with E-state index >= 15 is 0 Å². The monoisotopic (exact) mass is 303 g/mol. The summed E-state index contributed by atoms with van der Waals surface area (Å²) in [6, 6.07) is 16.9. The minimum Gasteiger partial charge on any atom is -0.489 e. The Bertz CT molecular complexity index is 556. The topological polar surface area (TPSA) is 12.5 Å². The average molecular weight is 304 g/mol. The van der Waals surface area contributed by atoms with Crippen LogP contribution in [0.4, 0.5) is 5.69 Å². The van der Waals surface area contributed by atoms with Crippen LogP contribution in [0.3, 0.4) is 0 Å². The van der Waals surface area contributed by atoms with Crippen LogP contribution in [-0.2, 0) is 0 Å². The summed E-state index contributed by atoms with van der Waals surface area (Å²) in [7, 11) is 2.12. The Morgan fingerprint density at radius 2 is 1.94 bits per heavy atom. The van der Waals surface area contributed by atoms with Crippen LogP contribution in [0.15, 0.2) is 53.0 Å². The quantitative estimate of drug-likeness (QED) is 0.789. The summed E-state index contributed by atoms with van der Waals surface area (Å²) in [6.45, 7) is 0.684. The van der Waals surface area contributed by atoms with Gasteiger partial charge in [0.15, 0.2) is 0 Å². The van der Waals surface area contributed by atoms with Crippen LogP contribution >= 0.6 is 15.9 Å². The second kappa shape index (κ2) is 4.65. The van der Waals surface area contributed by atoms with Crippen LogP contribution in [0.2, 0.25) is 0 Å². The molecule has 0 bridgehead atoms. The predicted molar refractivity (Wildman–Crippen MR) is 77.2 cm³/mol. The lowest BCUT2D eigenvalue weighted by Gasteiger charge is -2.36. The molecular weight excluding hydrogens is 290 g/mol. The number of anilines is 1. The molecule has 3 rings (SSSR count). The second-order valence-corrected chi connectivity index (χ2v) is 5.38. The number of hydrogen-bond acceptors (Lipinski definition) is 2. The number of hydrogen-bond donors (Lipinski definition) is 0. The van der Waals surface area contributed by atoms with Gasteiger partial charge >= 0.3 is 0 Å².